The number of hydrogen-bond donors (Lipinski definition) is 1. The summed E-state index contributed by atoms with van der Waals surface area (Å²) in [7, 11) is 0. The molecule has 0 unspecified atom stereocenters. The number of thiophene rings is 1. The van der Waals surface area contributed by atoms with Crippen LogP contribution in [0.2, 0.25) is 0 Å². The SMILES string of the molecule is Cc1nc(C[C@H]2CCCN(Cc3sccc3C)C2)cc(C(N)=O)n1. The number of hydrogen-bond acceptors (Lipinski definition) is 5. The van der Waals surface area contributed by atoms with E-state index in [9.17, 15) is 4.79 Å². The van der Waals surface area contributed by atoms with Crippen LogP contribution in [-0.4, -0.2) is 33.9 Å². The number of aryl methyl sites for hydroxylation is 2. The number of nitrogens with zero attached hydrogens (tertiary/aromatic N) is 3. The molecule has 6 heteroatoms. The molecule has 24 heavy (non-hydrogen) atoms. The Hall–Kier alpha value is -1.79. The van der Waals surface area contributed by atoms with E-state index in [4.69, 9.17) is 5.73 Å². The van der Waals surface area contributed by atoms with E-state index in [1.165, 1.54) is 23.3 Å². The molecule has 3 heterocycles. The Bertz CT molecular complexity index is 728. The van der Waals surface area contributed by atoms with Crippen LogP contribution in [0.5, 0.6) is 0 Å². The Kier molecular flexibility index (Phi) is 5.26. The Morgan fingerprint density at radius 3 is 2.96 bits per heavy atom. The van der Waals surface area contributed by atoms with E-state index in [0.717, 1.165) is 31.7 Å². The number of piperidine rings is 1. The van der Waals surface area contributed by atoms with Crippen molar-refractivity contribution in [2.24, 2.45) is 11.7 Å². The summed E-state index contributed by atoms with van der Waals surface area (Å²) in [5.74, 6) is 0.692. The van der Waals surface area contributed by atoms with Gasteiger partial charge in [-0.05, 0) is 68.6 Å². The largest absolute Gasteiger partial charge is 0.364 e. The molecular formula is C18H24N4OS. The van der Waals surface area contributed by atoms with Crippen molar-refractivity contribution in [3.63, 3.8) is 0 Å². The number of aromatic nitrogens is 2. The zero-order chi connectivity index (χ0) is 17.1. The zero-order valence-corrected chi connectivity index (χ0v) is 15.1. The van der Waals surface area contributed by atoms with Gasteiger partial charge in [-0.2, -0.15) is 0 Å². The van der Waals surface area contributed by atoms with Gasteiger partial charge in [-0.1, -0.05) is 0 Å². The van der Waals surface area contributed by atoms with Gasteiger partial charge in [0, 0.05) is 23.7 Å². The lowest BCUT2D eigenvalue weighted by molar-refractivity contribution is 0.0995. The molecule has 0 bridgehead atoms. The van der Waals surface area contributed by atoms with Gasteiger partial charge in [0.2, 0.25) is 0 Å². The maximum Gasteiger partial charge on any atom is 0.267 e. The minimum Gasteiger partial charge on any atom is -0.364 e. The number of carbonyl (C=O) groups excluding carboxylic acids is 1. The van der Waals surface area contributed by atoms with Gasteiger partial charge in [-0.15, -0.1) is 11.3 Å². The Morgan fingerprint density at radius 2 is 2.25 bits per heavy atom. The molecule has 0 spiro atoms. The number of likely N-dealkylation sites (tertiary alicyclic amines) is 1. The summed E-state index contributed by atoms with van der Waals surface area (Å²) >= 11 is 1.84. The number of primary amides is 1. The molecule has 1 fully saturated rings. The average molecular weight is 344 g/mol. The maximum absolute atomic E-state index is 11.4. The van der Waals surface area contributed by atoms with E-state index in [-0.39, 0.29) is 0 Å². The lowest BCUT2D eigenvalue weighted by Crippen LogP contribution is -2.35. The van der Waals surface area contributed by atoms with Gasteiger partial charge >= 0.3 is 0 Å². The van der Waals surface area contributed by atoms with Crippen molar-refractivity contribution in [2.75, 3.05) is 13.1 Å². The fourth-order valence-electron chi connectivity index (χ4n) is 3.39. The van der Waals surface area contributed by atoms with Gasteiger partial charge in [-0.3, -0.25) is 9.69 Å². The number of rotatable bonds is 5. The van der Waals surface area contributed by atoms with E-state index in [2.05, 4.69) is 33.2 Å². The highest BCUT2D eigenvalue weighted by molar-refractivity contribution is 7.10. The highest BCUT2D eigenvalue weighted by atomic mass is 32.1. The van der Waals surface area contributed by atoms with Gasteiger partial charge in [-0.25, -0.2) is 9.97 Å². The fourth-order valence-corrected chi connectivity index (χ4v) is 4.33. The molecule has 2 N–H and O–H groups in total. The van der Waals surface area contributed by atoms with Crippen LogP contribution >= 0.6 is 11.3 Å². The topological polar surface area (TPSA) is 72.1 Å². The van der Waals surface area contributed by atoms with Crippen LogP contribution in [-0.2, 0) is 13.0 Å². The van der Waals surface area contributed by atoms with E-state index in [0.29, 0.717) is 17.4 Å². The Balaban J connectivity index is 1.65. The molecule has 5 nitrogen and oxygen atoms in total. The molecule has 0 aliphatic carbocycles. The highest BCUT2D eigenvalue weighted by Gasteiger charge is 2.22. The summed E-state index contributed by atoms with van der Waals surface area (Å²) in [6.07, 6.45) is 3.29. The first-order valence-corrected chi connectivity index (χ1v) is 9.29. The van der Waals surface area contributed by atoms with Crippen molar-refractivity contribution < 1.29 is 4.79 Å². The molecule has 1 amide bonds. The molecular weight excluding hydrogens is 320 g/mol. The highest BCUT2D eigenvalue weighted by Crippen LogP contribution is 2.24. The number of carbonyl (C=O) groups is 1. The van der Waals surface area contributed by atoms with E-state index in [1.807, 2.05) is 18.3 Å². The van der Waals surface area contributed by atoms with E-state index >= 15 is 0 Å². The van der Waals surface area contributed by atoms with Crippen molar-refractivity contribution in [1.82, 2.24) is 14.9 Å². The summed E-state index contributed by atoms with van der Waals surface area (Å²) < 4.78 is 0. The quantitative estimate of drug-likeness (QED) is 0.905. The maximum atomic E-state index is 11.4. The lowest BCUT2D eigenvalue weighted by atomic mass is 9.93. The summed E-state index contributed by atoms with van der Waals surface area (Å²) in [4.78, 5) is 24.0. The molecule has 1 saturated heterocycles. The minimum atomic E-state index is -0.486. The second kappa shape index (κ2) is 7.40. The van der Waals surface area contributed by atoms with Crippen LogP contribution in [0.1, 0.15) is 45.3 Å². The summed E-state index contributed by atoms with van der Waals surface area (Å²) in [6.45, 7) is 7.26. The van der Waals surface area contributed by atoms with Gasteiger partial charge in [0.05, 0.1) is 0 Å². The molecule has 3 rings (SSSR count). The second-order valence-corrected chi connectivity index (χ2v) is 7.63. The molecule has 1 aliphatic rings. The smallest absolute Gasteiger partial charge is 0.267 e. The van der Waals surface area contributed by atoms with Crippen LogP contribution < -0.4 is 5.73 Å². The fraction of sp³-hybridized carbons (Fsp3) is 0.500. The van der Waals surface area contributed by atoms with Crippen LogP contribution in [0.15, 0.2) is 17.5 Å². The molecule has 0 saturated carbocycles. The first kappa shape index (κ1) is 17.0. The zero-order valence-electron chi connectivity index (χ0n) is 14.3. The molecule has 2 aromatic heterocycles. The predicted molar refractivity (Wildman–Crippen MR) is 96.0 cm³/mol. The van der Waals surface area contributed by atoms with E-state index < -0.39 is 5.91 Å². The molecule has 1 aliphatic heterocycles. The van der Waals surface area contributed by atoms with Crippen LogP contribution in [0.3, 0.4) is 0 Å². The van der Waals surface area contributed by atoms with Crippen molar-refractivity contribution in [2.45, 2.75) is 39.7 Å². The standard InChI is InChI=1S/C18H24N4OS/c1-12-5-7-24-17(12)11-22-6-3-4-14(10-22)8-15-9-16(18(19)23)21-13(2)20-15/h5,7,9,14H,3-4,6,8,10-11H2,1-2H3,(H2,19,23)/t14-/m1/s1. The first-order chi connectivity index (χ1) is 11.5. The summed E-state index contributed by atoms with van der Waals surface area (Å²) in [6, 6.07) is 3.94. The minimum absolute atomic E-state index is 0.319. The van der Waals surface area contributed by atoms with Gasteiger partial charge in [0.1, 0.15) is 11.5 Å². The van der Waals surface area contributed by atoms with Crippen molar-refractivity contribution in [3.05, 3.63) is 45.2 Å². The summed E-state index contributed by atoms with van der Waals surface area (Å²) in [5.41, 5.74) is 7.99. The molecule has 0 radical (unpaired) electrons. The third-order valence-corrected chi connectivity index (χ3v) is 5.59. The van der Waals surface area contributed by atoms with Crippen LogP contribution in [0.25, 0.3) is 0 Å². The number of nitrogens with two attached hydrogens (primary N) is 1. The van der Waals surface area contributed by atoms with Crippen LogP contribution in [0, 0.1) is 19.8 Å². The second-order valence-electron chi connectivity index (χ2n) is 6.63. The monoisotopic (exact) mass is 344 g/mol. The molecule has 0 aromatic carbocycles. The van der Waals surface area contributed by atoms with Gasteiger partial charge < -0.3 is 5.73 Å². The lowest BCUT2D eigenvalue weighted by Gasteiger charge is -2.32. The van der Waals surface area contributed by atoms with Crippen molar-refractivity contribution >= 4 is 17.2 Å². The third-order valence-electron chi connectivity index (χ3n) is 4.58. The predicted octanol–water partition coefficient (Wildman–Crippen LogP) is 2.71. The Labute approximate surface area is 146 Å². The first-order valence-electron chi connectivity index (χ1n) is 8.41. The average Bonchev–Trinajstić information content (AvgIpc) is 2.92. The van der Waals surface area contributed by atoms with Gasteiger partial charge in [0.15, 0.2) is 0 Å². The van der Waals surface area contributed by atoms with E-state index in [1.54, 1.807) is 6.07 Å². The van der Waals surface area contributed by atoms with Crippen molar-refractivity contribution in [1.29, 1.82) is 0 Å². The Morgan fingerprint density at radius 1 is 1.42 bits per heavy atom. The summed E-state index contributed by atoms with van der Waals surface area (Å²) in [5, 5.41) is 2.17. The molecule has 2 aromatic rings. The van der Waals surface area contributed by atoms with Gasteiger partial charge in [0.25, 0.3) is 5.91 Å². The normalized spacial score (nSPS) is 18.7. The third kappa shape index (κ3) is 4.19. The van der Waals surface area contributed by atoms with Crippen LogP contribution in [0.4, 0.5) is 0 Å². The molecule has 1 atom stereocenters. The van der Waals surface area contributed by atoms with Crippen molar-refractivity contribution in [3.8, 4) is 0 Å². The number of amides is 1. The molecule has 128 valence electrons.